The molecule has 3 aliphatic rings. The molecule has 0 radical (unpaired) electrons. The fraction of sp³-hybridized carbons (Fsp3) is 0.375. The number of carbonyl (C=O) groups is 2. The molecule has 13 heteroatoms. The molecule has 2 N–H and O–H groups in total. The van der Waals surface area contributed by atoms with E-state index in [9.17, 15) is 28.3 Å². The van der Waals surface area contributed by atoms with Gasteiger partial charge in [0.1, 0.15) is 27.7 Å². The molecule has 0 saturated heterocycles. The number of hydrogen-bond donors (Lipinski definition) is 2. The van der Waals surface area contributed by atoms with Crippen LogP contribution in [0.4, 0.5) is 8.78 Å². The van der Waals surface area contributed by atoms with Crippen LogP contribution in [0, 0.1) is 23.0 Å². The van der Waals surface area contributed by atoms with Gasteiger partial charge in [-0.15, -0.1) is 10.2 Å². The van der Waals surface area contributed by atoms with Gasteiger partial charge in [-0.3, -0.25) is 24.1 Å². The number of aromatic hydroxyl groups is 1. The van der Waals surface area contributed by atoms with Crippen LogP contribution in [0.2, 0.25) is 0 Å². The number of fused-ring (bicyclic) bond motifs is 3. The molecule has 10 nitrogen and oxygen atoms in total. The summed E-state index contributed by atoms with van der Waals surface area (Å²) >= 11 is 1.01. The van der Waals surface area contributed by atoms with Gasteiger partial charge in [-0.25, -0.2) is 8.78 Å². The van der Waals surface area contributed by atoms with E-state index in [0.717, 1.165) is 23.5 Å². The lowest BCUT2D eigenvalue weighted by Gasteiger charge is -2.50. The van der Waals surface area contributed by atoms with Crippen LogP contribution in [0.25, 0.3) is 10.6 Å². The number of hydrogen-bond acceptors (Lipinski definition) is 9. The van der Waals surface area contributed by atoms with Gasteiger partial charge in [-0.1, -0.05) is 17.4 Å². The molecule has 2 fully saturated rings. The molecule has 1 unspecified atom stereocenters. The highest BCUT2D eigenvalue weighted by Gasteiger charge is 2.79. The van der Waals surface area contributed by atoms with Crippen molar-refractivity contribution in [3.05, 3.63) is 62.5 Å². The Morgan fingerprint density at radius 1 is 1.32 bits per heavy atom. The topological polar surface area (TPSA) is 127 Å². The lowest BCUT2D eigenvalue weighted by Crippen LogP contribution is -2.72. The van der Waals surface area contributed by atoms with E-state index in [4.69, 9.17) is 4.74 Å². The Labute approximate surface area is 212 Å². The summed E-state index contributed by atoms with van der Waals surface area (Å²) < 4.78 is 33.8. The molecule has 1 aromatic carbocycles. The van der Waals surface area contributed by atoms with Gasteiger partial charge in [0.2, 0.25) is 5.43 Å². The van der Waals surface area contributed by atoms with Gasteiger partial charge in [0, 0.05) is 25.7 Å². The molecule has 1 amide bonds. The number of amides is 1. The minimum absolute atomic E-state index is 0.0151. The summed E-state index contributed by atoms with van der Waals surface area (Å²) in [6, 6.07) is 3.22. The first-order valence-electron chi connectivity index (χ1n) is 11.5. The molecular weight excluding hydrogens is 508 g/mol. The van der Waals surface area contributed by atoms with E-state index in [0.29, 0.717) is 24.3 Å². The number of benzene rings is 1. The first-order chi connectivity index (χ1) is 17.6. The summed E-state index contributed by atoms with van der Waals surface area (Å²) in [4.78, 5) is 39.1. The third-order valence-electron chi connectivity index (χ3n) is 7.88. The van der Waals surface area contributed by atoms with Gasteiger partial charge in [-0.2, -0.15) is 0 Å². The molecular formula is C24H21F2N5O5S. The molecule has 3 heterocycles. The Bertz CT molecular complexity index is 1560. The second kappa shape index (κ2) is 7.81. The molecule has 1 spiro atoms. The van der Waals surface area contributed by atoms with Crippen molar-refractivity contribution in [3.63, 3.8) is 0 Å². The van der Waals surface area contributed by atoms with Gasteiger partial charge in [0.25, 0.3) is 5.91 Å². The summed E-state index contributed by atoms with van der Waals surface area (Å²) in [7, 11) is 2.98. The number of nitrogens with zero attached hydrogens (tertiary/aromatic N) is 4. The Morgan fingerprint density at radius 3 is 2.81 bits per heavy atom. The van der Waals surface area contributed by atoms with Gasteiger partial charge in [-0.05, 0) is 36.8 Å². The molecule has 2 saturated carbocycles. The SMILES string of the molecule is COC(=O)[C@@]12C[C@@H]1CCC21NC(=O)c2c(O)c(=O)c(-c3nnc(Cc4ccc(F)cc4F)s3)cn2N1C. The summed E-state index contributed by atoms with van der Waals surface area (Å²) in [5, 5.41) is 23.9. The van der Waals surface area contributed by atoms with Crippen molar-refractivity contribution in [1.82, 2.24) is 20.2 Å². The number of esters is 1. The zero-order valence-corrected chi connectivity index (χ0v) is 20.6. The zero-order valence-electron chi connectivity index (χ0n) is 19.7. The third-order valence-corrected chi connectivity index (χ3v) is 8.83. The molecule has 37 heavy (non-hydrogen) atoms. The highest BCUT2D eigenvalue weighted by Crippen LogP contribution is 2.69. The summed E-state index contributed by atoms with van der Waals surface area (Å²) in [5.74, 6) is -3.24. The van der Waals surface area contributed by atoms with Crippen LogP contribution in [0.15, 0.2) is 29.2 Å². The zero-order chi connectivity index (χ0) is 26.3. The highest BCUT2D eigenvalue weighted by atomic mass is 32.1. The van der Waals surface area contributed by atoms with Crippen LogP contribution in [0.1, 0.15) is 40.3 Å². The monoisotopic (exact) mass is 529 g/mol. The predicted molar refractivity (Wildman–Crippen MR) is 127 cm³/mol. The first-order valence-corrected chi connectivity index (χ1v) is 12.3. The van der Waals surface area contributed by atoms with Crippen LogP contribution < -0.4 is 15.8 Å². The second-order valence-corrected chi connectivity index (χ2v) is 10.6. The Kier molecular flexibility index (Phi) is 4.97. The second-order valence-electron chi connectivity index (χ2n) is 9.57. The summed E-state index contributed by atoms with van der Waals surface area (Å²) in [5.41, 5.74) is -2.92. The number of halogens is 2. The lowest BCUT2D eigenvalue weighted by atomic mass is 9.88. The van der Waals surface area contributed by atoms with Gasteiger partial charge in [0.05, 0.1) is 12.7 Å². The van der Waals surface area contributed by atoms with Crippen LogP contribution in [0.5, 0.6) is 5.75 Å². The minimum Gasteiger partial charge on any atom is -0.502 e. The number of aromatic nitrogens is 3. The van der Waals surface area contributed by atoms with E-state index in [1.54, 1.807) is 12.1 Å². The molecule has 2 aromatic heterocycles. The van der Waals surface area contributed by atoms with Crippen molar-refractivity contribution < 1.29 is 28.2 Å². The quantitative estimate of drug-likeness (QED) is 0.491. The van der Waals surface area contributed by atoms with E-state index in [2.05, 4.69) is 15.5 Å². The van der Waals surface area contributed by atoms with Crippen LogP contribution >= 0.6 is 11.3 Å². The standard InChI is InChI=1S/C24H21F2N5O5S/c1-30-24(6-5-12-9-23(12,24)22(35)36-2)27-20(34)17-19(33)18(32)14(10-31(17)30)21-29-28-16(37-21)7-11-3-4-13(25)8-15(11)26/h3-4,8,10,12,33H,5-7,9H2,1-2H3,(H,27,34)/t12-,23+,24?/m0/s1. The molecule has 192 valence electrons. The van der Waals surface area contributed by atoms with Crippen LogP contribution in [-0.2, 0) is 16.0 Å². The van der Waals surface area contributed by atoms with Gasteiger partial charge in [0.15, 0.2) is 16.5 Å². The lowest BCUT2D eigenvalue weighted by molar-refractivity contribution is -0.151. The van der Waals surface area contributed by atoms with E-state index in [1.807, 2.05) is 0 Å². The predicted octanol–water partition coefficient (Wildman–Crippen LogP) is 1.92. The highest BCUT2D eigenvalue weighted by molar-refractivity contribution is 7.14. The Balaban J connectivity index is 1.41. The number of carbonyl (C=O) groups excluding carboxylic acids is 2. The van der Waals surface area contributed by atoms with Crippen LogP contribution in [-0.4, -0.2) is 51.7 Å². The minimum atomic E-state index is -1.10. The Morgan fingerprint density at radius 2 is 2.11 bits per heavy atom. The Hall–Kier alpha value is -3.87. The van der Waals surface area contributed by atoms with E-state index >= 15 is 0 Å². The first kappa shape index (κ1) is 23.5. The van der Waals surface area contributed by atoms with Crippen molar-refractivity contribution in [2.24, 2.45) is 11.3 Å². The van der Waals surface area contributed by atoms with Crippen molar-refractivity contribution >= 4 is 23.2 Å². The van der Waals surface area contributed by atoms with Crippen LogP contribution in [0.3, 0.4) is 0 Å². The van der Waals surface area contributed by atoms with Crippen molar-refractivity contribution in [3.8, 4) is 16.3 Å². The largest absolute Gasteiger partial charge is 0.502 e. The van der Waals surface area contributed by atoms with Crippen molar-refractivity contribution in [2.45, 2.75) is 31.3 Å². The maximum absolute atomic E-state index is 14.1. The number of ether oxygens (including phenoxy) is 1. The van der Waals surface area contributed by atoms with Crippen molar-refractivity contribution in [1.29, 1.82) is 0 Å². The fourth-order valence-electron chi connectivity index (χ4n) is 5.98. The molecule has 3 aromatic rings. The average Bonchev–Trinajstić information content (AvgIpc) is 3.29. The third kappa shape index (κ3) is 3.09. The average molecular weight is 530 g/mol. The number of pyridine rings is 1. The van der Waals surface area contributed by atoms with E-state index < -0.39 is 45.8 Å². The van der Waals surface area contributed by atoms with Gasteiger partial charge < -0.3 is 15.2 Å². The smallest absolute Gasteiger partial charge is 0.316 e. The molecule has 2 aliphatic carbocycles. The van der Waals surface area contributed by atoms with E-state index in [1.165, 1.54) is 24.0 Å². The number of rotatable bonds is 4. The fourth-order valence-corrected chi connectivity index (χ4v) is 6.85. The molecule has 6 rings (SSSR count). The maximum Gasteiger partial charge on any atom is 0.316 e. The molecule has 0 bridgehead atoms. The normalized spacial score (nSPS) is 25.6. The van der Waals surface area contributed by atoms with Gasteiger partial charge >= 0.3 is 5.97 Å². The number of nitrogens with one attached hydrogen (secondary N) is 1. The molecule has 3 atom stereocenters. The summed E-state index contributed by atoms with van der Waals surface area (Å²) in [6.45, 7) is 0. The number of methoxy groups -OCH3 is 1. The molecule has 1 aliphatic heterocycles. The maximum atomic E-state index is 14.1. The van der Waals surface area contributed by atoms with E-state index in [-0.39, 0.29) is 34.2 Å². The summed E-state index contributed by atoms with van der Waals surface area (Å²) in [6.07, 6.45) is 3.15. The van der Waals surface area contributed by atoms with Crippen molar-refractivity contribution in [2.75, 3.05) is 19.2 Å².